The number of nitrogens with zero attached hydrogens (tertiary/aromatic N) is 4. The van der Waals surface area contributed by atoms with Crippen LogP contribution >= 0.6 is 11.6 Å². The minimum atomic E-state index is -0.539. The van der Waals surface area contributed by atoms with Crippen LogP contribution < -0.4 is 15.0 Å². The van der Waals surface area contributed by atoms with Crippen molar-refractivity contribution < 1.29 is 14.2 Å². The third-order valence-corrected chi connectivity index (χ3v) is 9.13. The molecule has 4 aromatic rings. The van der Waals surface area contributed by atoms with E-state index in [9.17, 15) is 5.11 Å². The van der Waals surface area contributed by atoms with Crippen molar-refractivity contribution in [2.75, 3.05) is 32.1 Å². The topological polar surface area (TPSA) is 73.8 Å². The first-order valence-corrected chi connectivity index (χ1v) is 14.5. The largest absolute Gasteiger partial charge is 0.508 e. The average Bonchev–Trinajstić information content (AvgIpc) is 3.54. The third kappa shape index (κ3) is 4.52. The molecule has 7 nitrogen and oxygen atoms in total. The zero-order valence-electron chi connectivity index (χ0n) is 22.7. The standard InChI is InChI=1S/C31H33ClFN5O2/c1-37(2)20-9-10-22(12-20)40-31-35-29-25(30(36-31)38-15-18-7-8-19(16-38)34-18)14-26(32)27(28(29)33)24-13-21(39)11-17-5-3-4-6-23(17)24/h3-6,11,13-14,18-20,22,34,39H,7-10,12,15-16H2,1-2H3. The number of rotatable bonds is 5. The van der Waals surface area contributed by atoms with E-state index in [1.807, 2.05) is 24.3 Å². The fraction of sp³-hybridized carbons (Fsp3) is 0.419. The second-order valence-electron chi connectivity index (χ2n) is 11.7. The van der Waals surface area contributed by atoms with Gasteiger partial charge in [-0.05, 0) is 80.7 Å². The summed E-state index contributed by atoms with van der Waals surface area (Å²) >= 11 is 6.86. The molecule has 4 unspecified atom stereocenters. The van der Waals surface area contributed by atoms with Crippen LogP contribution in [0.3, 0.4) is 0 Å². The first-order valence-electron chi connectivity index (χ1n) is 14.1. The number of hydrogen-bond acceptors (Lipinski definition) is 7. The van der Waals surface area contributed by atoms with E-state index in [1.165, 1.54) is 0 Å². The van der Waals surface area contributed by atoms with Gasteiger partial charge in [-0.15, -0.1) is 0 Å². The van der Waals surface area contributed by atoms with Crippen molar-refractivity contribution >= 4 is 39.1 Å². The highest BCUT2D eigenvalue weighted by molar-refractivity contribution is 6.35. The number of benzene rings is 3. The van der Waals surface area contributed by atoms with E-state index in [1.54, 1.807) is 18.2 Å². The van der Waals surface area contributed by atoms with Crippen LogP contribution in [0.15, 0.2) is 42.5 Å². The van der Waals surface area contributed by atoms with E-state index in [-0.39, 0.29) is 34.0 Å². The fourth-order valence-electron chi connectivity index (χ4n) is 6.81. The third-order valence-electron chi connectivity index (χ3n) is 8.83. The Morgan fingerprint density at radius 2 is 1.80 bits per heavy atom. The molecule has 0 radical (unpaired) electrons. The molecule has 40 heavy (non-hydrogen) atoms. The molecule has 1 aromatic heterocycles. The molecule has 3 fully saturated rings. The number of aromatic hydroxyl groups is 1. The van der Waals surface area contributed by atoms with Gasteiger partial charge in [0.2, 0.25) is 0 Å². The van der Waals surface area contributed by atoms with Crippen molar-refractivity contribution in [1.82, 2.24) is 20.2 Å². The van der Waals surface area contributed by atoms with Gasteiger partial charge in [0.05, 0.1) is 5.02 Å². The number of nitrogens with one attached hydrogen (secondary N) is 1. The summed E-state index contributed by atoms with van der Waals surface area (Å²) in [5.74, 6) is 0.167. The summed E-state index contributed by atoms with van der Waals surface area (Å²) in [6.45, 7) is 1.57. The maximum absolute atomic E-state index is 16.7. The molecule has 1 saturated carbocycles. The van der Waals surface area contributed by atoms with Crippen LogP contribution in [-0.4, -0.2) is 71.4 Å². The van der Waals surface area contributed by atoms with Gasteiger partial charge in [-0.25, -0.2) is 4.39 Å². The van der Waals surface area contributed by atoms with Gasteiger partial charge in [0, 0.05) is 42.2 Å². The lowest BCUT2D eigenvalue weighted by Gasteiger charge is -2.34. The molecule has 0 amide bonds. The quantitative estimate of drug-likeness (QED) is 0.321. The Balaban J connectivity index is 1.39. The first kappa shape index (κ1) is 25.7. The van der Waals surface area contributed by atoms with Crippen LogP contribution in [0, 0.1) is 5.82 Å². The number of ether oxygens (including phenoxy) is 1. The smallest absolute Gasteiger partial charge is 0.319 e. The average molecular weight is 562 g/mol. The summed E-state index contributed by atoms with van der Waals surface area (Å²) in [6.07, 6.45) is 5.03. The zero-order chi connectivity index (χ0) is 27.5. The molecule has 1 aliphatic carbocycles. The summed E-state index contributed by atoms with van der Waals surface area (Å²) < 4.78 is 23.1. The maximum Gasteiger partial charge on any atom is 0.319 e. The van der Waals surface area contributed by atoms with Crippen LogP contribution in [0.25, 0.3) is 32.8 Å². The number of phenolic OH excluding ortho intramolecular Hbond substituents is 1. The van der Waals surface area contributed by atoms with Gasteiger partial charge in [0.25, 0.3) is 0 Å². The van der Waals surface area contributed by atoms with Crippen molar-refractivity contribution in [3.8, 4) is 22.9 Å². The van der Waals surface area contributed by atoms with Crippen molar-refractivity contribution in [1.29, 1.82) is 0 Å². The molecule has 7 rings (SSSR count). The Bertz CT molecular complexity index is 1600. The number of hydrogen-bond donors (Lipinski definition) is 2. The molecule has 3 aliphatic rings. The number of anilines is 1. The Labute approximate surface area is 237 Å². The number of phenols is 1. The summed E-state index contributed by atoms with van der Waals surface area (Å²) in [6, 6.07) is 14.0. The highest BCUT2D eigenvalue weighted by Gasteiger charge is 2.35. The Morgan fingerprint density at radius 3 is 2.55 bits per heavy atom. The summed E-state index contributed by atoms with van der Waals surface area (Å²) in [5.41, 5.74) is 0.915. The second-order valence-corrected chi connectivity index (χ2v) is 12.1. The first-order chi connectivity index (χ1) is 19.3. The molecule has 208 valence electrons. The predicted molar refractivity (Wildman–Crippen MR) is 157 cm³/mol. The van der Waals surface area contributed by atoms with Crippen molar-refractivity contribution in [2.24, 2.45) is 0 Å². The van der Waals surface area contributed by atoms with Gasteiger partial charge in [-0.2, -0.15) is 9.97 Å². The molecule has 9 heteroatoms. The number of fused-ring (bicyclic) bond motifs is 4. The van der Waals surface area contributed by atoms with Crippen LogP contribution in [-0.2, 0) is 0 Å². The molecule has 2 aliphatic heterocycles. The van der Waals surface area contributed by atoms with Crippen LogP contribution in [0.4, 0.5) is 10.2 Å². The lowest BCUT2D eigenvalue weighted by atomic mass is 9.96. The van der Waals surface area contributed by atoms with E-state index in [2.05, 4.69) is 34.2 Å². The van der Waals surface area contributed by atoms with Crippen molar-refractivity contribution in [3.05, 3.63) is 53.3 Å². The van der Waals surface area contributed by atoms with Gasteiger partial charge < -0.3 is 25.0 Å². The minimum absolute atomic E-state index is 0.0262. The van der Waals surface area contributed by atoms with Crippen LogP contribution in [0.1, 0.15) is 32.1 Å². The molecule has 2 saturated heterocycles. The zero-order valence-corrected chi connectivity index (χ0v) is 23.5. The van der Waals surface area contributed by atoms with E-state index in [4.69, 9.17) is 21.3 Å². The molecule has 2 N–H and O–H groups in total. The van der Waals surface area contributed by atoms with Crippen LogP contribution in [0.5, 0.6) is 11.8 Å². The van der Waals surface area contributed by atoms with Gasteiger partial charge in [-0.1, -0.05) is 35.9 Å². The number of aromatic nitrogens is 2. The number of piperazine rings is 1. The molecule has 3 aromatic carbocycles. The Morgan fingerprint density at radius 1 is 1.02 bits per heavy atom. The monoisotopic (exact) mass is 561 g/mol. The highest BCUT2D eigenvalue weighted by atomic mass is 35.5. The lowest BCUT2D eigenvalue weighted by molar-refractivity contribution is 0.179. The van der Waals surface area contributed by atoms with Gasteiger partial charge in [-0.3, -0.25) is 0 Å². The van der Waals surface area contributed by atoms with Crippen molar-refractivity contribution in [3.63, 3.8) is 0 Å². The van der Waals surface area contributed by atoms with Gasteiger partial charge in [0.15, 0.2) is 5.82 Å². The normalized spacial score (nSPS) is 24.5. The SMILES string of the molecule is CN(C)C1CCC(Oc2nc(N3CC4CCC(C3)N4)c3cc(Cl)c(-c4cc(O)cc5ccccc45)c(F)c3n2)C1. The summed E-state index contributed by atoms with van der Waals surface area (Å²) in [5, 5.41) is 16.6. The highest BCUT2D eigenvalue weighted by Crippen LogP contribution is 2.43. The van der Waals surface area contributed by atoms with E-state index in [0.29, 0.717) is 34.9 Å². The van der Waals surface area contributed by atoms with E-state index < -0.39 is 5.82 Å². The van der Waals surface area contributed by atoms with E-state index in [0.717, 1.165) is 56.0 Å². The van der Waals surface area contributed by atoms with Crippen LogP contribution in [0.2, 0.25) is 5.02 Å². The Hall–Kier alpha value is -3.20. The molecule has 2 bridgehead atoms. The molecule has 4 atom stereocenters. The van der Waals surface area contributed by atoms with E-state index >= 15 is 4.39 Å². The number of halogens is 2. The van der Waals surface area contributed by atoms with Crippen molar-refractivity contribution in [2.45, 2.75) is 56.3 Å². The lowest BCUT2D eigenvalue weighted by Crippen LogP contribution is -2.51. The maximum atomic E-state index is 16.7. The fourth-order valence-corrected chi connectivity index (χ4v) is 7.11. The molecule has 3 heterocycles. The predicted octanol–water partition coefficient (Wildman–Crippen LogP) is 5.75. The van der Waals surface area contributed by atoms with Gasteiger partial charge >= 0.3 is 6.01 Å². The second kappa shape index (κ2) is 10.0. The molecular weight excluding hydrogens is 529 g/mol. The Kier molecular flexibility index (Phi) is 6.45. The summed E-state index contributed by atoms with van der Waals surface area (Å²) in [4.78, 5) is 14.0. The molecule has 0 spiro atoms. The molecular formula is C31H33ClFN5O2. The summed E-state index contributed by atoms with van der Waals surface area (Å²) in [7, 11) is 4.17. The minimum Gasteiger partial charge on any atom is -0.508 e. The van der Waals surface area contributed by atoms with Gasteiger partial charge in [0.1, 0.15) is 23.2 Å².